The Morgan fingerprint density at radius 3 is 2.62 bits per heavy atom. The molecule has 86 valence electrons. The Morgan fingerprint density at radius 2 is 2.12 bits per heavy atom. The number of amides is 1. The highest BCUT2D eigenvalue weighted by molar-refractivity contribution is 5.94. The first-order valence-electron chi connectivity index (χ1n) is 5.39. The highest BCUT2D eigenvalue weighted by Crippen LogP contribution is 2.15. The highest BCUT2D eigenvalue weighted by Gasteiger charge is 2.24. The van der Waals surface area contributed by atoms with Crippen LogP contribution in [0.4, 0.5) is 0 Å². The molecule has 4 heteroatoms. The lowest BCUT2D eigenvalue weighted by molar-refractivity contribution is 0.0791. The molecule has 0 aromatic heterocycles. The molecule has 0 spiro atoms. The second-order valence-corrected chi connectivity index (χ2v) is 4.03. The van der Waals surface area contributed by atoms with E-state index in [2.05, 4.69) is 0 Å². The van der Waals surface area contributed by atoms with E-state index in [0.29, 0.717) is 12.1 Å². The van der Waals surface area contributed by atoms with Crippen LogP contribution in [0.1, 0.15) is 16.8 Å². The number of nitrogens with two attached hydrogens (primary N) is 1. The fourth-order valence-corrected chi connectivity index (χ4v) is 1.89. The van der Waals surface area contributed by atoms with Gasteiger partial charge in [0.05, 0.1) is 7.11 Å². The normalized spacial score (nSPS) is 19.9. The predicted molar refractivity (Wildman–Crippen MR) is 61.5 cm³/mol. The number of rotatable bonds is 2. The minimum Gasteiger partial charge on any atom is -0.497 e. The maximum atomic E-state index is 12.0. The van der Waals surface area contributed by atoms with Crippen molar-refractivity contribution in [2.45, 2.75) is 12.5 Å². The molecule has 1 aromatic rings. The third kappa shape index (κ3) is 2.17. The van der Waals surface area contributed by atoms with Crippen LogP contribution in [-0.4, -0.2) is 37.0 Å². The molecule has 0 unspecified atom stereocenters. The van der Waals surface area contributed by atoms with Crippen molar-refractivity contribution >= 4 is 5.91 Å². The molecule has 16 heavy (non-hydrogen) atoms. The van der Waals surface area contributed by atoms with Gasteiger partial charge in [-0.15, -0.1) is 0 Å². The Bertz CT molecular complexity index is 375. The van der Waals surface area contributed by atoms with Gasteiger partial charge in [-0.25, -0.2) is 0 Å². The maximum Gasteiger partial charge on any atom is 0.253 e. The first-order valence-corrected chi connectivity index (χ1v) is 5.39. The van der Waals surface area contributed by atoms with Crippen LogP contribution in [0.3, 0.4) is 0 Å². The Hall–Kier alpha value is -1.55. The van der Waals surface area contributed by atoms with Gasteiger partial charge in [0.2, 0.25) is 0 Å². The molecule has 1 amide bonds. The van der Waals surface area contributed by atoms with E-state index >= 15 is 0 Å². The maximum absolute atomic E-state index is 12.0. The zero-order valence-electron chi connectivity index (χ0n) is 9.35. The Morgan fingerprint density at radius 1 is 1.44 bits per heavy atom. The molecule has 1 aliphatic rings. The van der Waals surface area contributed by atoms with Gasteiger partial charge in [0, 0.05) is 24.7 Å². The lowest BCUT2D eigenvalue weighted by Crippen LogP contribution is -2.31. The number of carbonyl (C=O) groups excluding carboxylic acids is 1. The van der Waals surface area contributed by atoms with Gasteiger partial charge < -0.3 is 15.4 Å². The van der Waals surface area contributed by atoms with Gasteiger partial charge in [0.25, 0.3) is 5.91 Å². The van der Waals surface area contributed by atoms with E-state index in [4.69, 9.17) is 10.5 Å². The molecule has 0 radical (unpaired) electrons. The number of benzene rings is 1. The van der Waals surface area contributed by atoms with Crippen molar-refractivity contribution in [3.63, 3.8) is 0 Å². The van der Waals surface area contributed by atoms with Gasteiger partial charge in [-0.1, -0.05) is 0 Å². The molecule has 1 aliphatic heterocycles. The lowest BCUT2D eigenvalue weighted by atomic mass is 10.2. The quantitative estimate of drug-likeness (QED) is 0.804. The van der Waals surface area contributed by atoms with E-state index in [1.165, 1.54) is 0 Å². The SMILES string of the molecule is COc1ccc(C(=O)N2CC[C@@H](N)C2)cc1. The number of methoxy groups -OCH3 is 1. The lowest BCUT2D eigenvalue weighted by Gasteiger charge is -2.15. The van der Waals surface area contributed by atoms with E-state index in [-0.39, 0.29) is 11.9 Å². The standard InChI is InChI=1S/C12H16N2O2/c1-16-11-4-2-9(3-5-11)12(15)14-7-6-10(13)8-14/h2-5,10H,6-8,13H2,1H3/t10-/m1/s1. The Balaban J connectivity index is 2.08. The number of likely N-dealkylation sites (tertiary alicyclic amines) is 1. The summed E-state index contributed by atoms with van der Waals surface area (Å²) >= 11 is 0. The summed E-state index contributed by atoms with van der Waals surface area (Å²) in [6, 6.07) is 7.28. The molecule has 1 atom stereocenters. The third-order valence-electron chi connectivity index (χ3n) is 2.85. The summed E-state index contributed by atoms with van der Waals surface area (Å²) in [7, 11) is 1.61. The molecular formula is C12H16N2O2. The van der Waals surface area contributed by atoms with Gasteiger partial charge in [0.15, 0.2) is 0 Å². The number of carbonyl (C=O) groups is 1. The second kappa shape index (κ2) is 4.53. The molecule has 2 N–H and O–H groups in total. The third-order valence-corrected chi connectivity index (χ3v) is 2.85. The molecule has 2 rings (SSSR count). The van der Waals surface area contributed by atoms with Gasteiger partial charge in [-0.3, -0.25) is 4.79 Å². The fraction of sp³-hybridized carbons (Fsp3) is 0.417. The molecule has 1 heterocycles. The first kappa shape index (κ1) is 11.0. The van der Waals surface area contributed by atoms with Crippen LogP contribution in [0.2, 0.25) is 0 Å². The summed E-state index contributed by atoms with van der Waals surface area (Å²) < 4.78 is 5.05. The van der Waals surface area contributed by atoms with E-state index < -0.39 is 0 Å². The molecule has 4 nitrogen and oxygen atoms in total. The van der Waals surface area contributed by atoms with Crippen LogP contribution >= 0.6 is 0 Å². The average Bonchev–Trinajstić information content (AvgIpc) is 2.75. The van der Waals surface area contributed by atoms with Crippen molar-refractivity contribution in [3.8, 4) is 5.75 Å². The number of ether oxygens (including phenoxy) is 1. The van der Waals surface area contributed by atoms with Crippen LogP contribution < -0.4 is 10.5 Å². The van der Waals surface area contributed by atoms with E-state index in [9.17, 15) is 4.79 Å². The molecule has 1 fully saturated rings. The minimum atomic E-state index is 0.0515. The van der Waals surface area contributed by atoms with Crippen LogP contribution in [0.5, 0.6) is 5.75 Å². The monoisotopic (exact) mass is 220 g/mol. The van der Waals surface area contributed by atoms with Crippen molar-refractivity contribution in [1.82, 2.24) is 4.90 Å². The van der Waals surface area contributed by atoms with E-state index in [1.807, 2.05) is 0 Å². The summed E-state index contributed by atoms with van der Waals surface area (Å²) in [6.45, 7) is 1.41. The van der Waals surface area contributed by atoms with E-state index in [0.717, 1.165) is 18.7 Å². The summed E-state index contributed by atoms with van der Waals surface area (Å²) in [5.41, 5.74) is 6.46. The molecule has 0 bridgehead atoms. The molecule has 0 aliphatic carbocycles. The largest absolute Gasteiger partial charge is 0.497 e. The molecule has 0 saturated carbocycles. The zero-order valence-corrected chi connectivity index (χ0v) is 9.35. The average molecular weight is 220 g/mol. The van der Waals surface area contributed by atoms with Crippen LogP contribution in [0, 0.1) is 0 Å². The molecule has 1 aromatic carbocycles. The van der Waals surface area contributed by atoms with Crippen LogP contribution in [-0.2, 0) is 0 Å². The number of nitrogens with zero attached hydrogens (tertiary/aromatic N) is 1. The predicted octanol–water partition coefficient (Wildman–Crippen LogP) is 0.868. The summed E-state index contributed by atoms with van der Waals surface area (Å²) in [5.74, 6) is 0.810. The van der Waals surface area contributed by atoms with Crippen molar-refractivity contribution in [3.05, 3.63) is 29.8 Å². The summed E-state index contributed by atoms with van der Waals surface area (Å²) in [6.07, 6.45) is 0.891. The second-order valence-electron chi connectivity index (χ2n) is 4.03. The van der Waals surface area contributed by atoms with Gasteiger partial charge >= 0.3 is 0 Å². The van der Waals surface area contributed by atoms with Crippen molar-refractivity contribution in [1.29, 1.82) is 0 Å². The van der Waals surface area contributed by atoms with Crippen LogP contribution in [0.25, 0.3) is 0 Å². The van der Waals surface area contributed by atoms with E-state index in [1.54, 1.807) is 36.3 Å². The molecule has 1 saturated heterocycles. The van der Waals surface area contributed by atoms with Crippen LogP contribution in [0.15, 0.2) is 24.3 Å². The van der Waals surface area contributed by atoms with Crippen molar-refractivity contribution < 1.29 is 9.53 Å². The van der Waals surface area contributed by atoms with Gasteiger partial charge in [-0.2, -0.15) is 0 Å². The highest BCUT2D eigenvalue weighted by atomic mass is 16.5. The zero-order chi connectivity index (χ0) is 11.5. The summed E-state index contributed by atoms with van der Waals surface area (Å²) in [4.78, 5) is 13.8. The van der Waals surface area contributed by atoms with Crippen molar-refractivity contribution in [2.24, 2.45) is 5.73 Å². The molecular weight excluding hydrogens is 204 g/mol. The Kier molecular flexibility index (Phi) is 3.10. The topological polar surface area (TPSA) is 55.6 Å². The number of hydrogen-bond donors (Lipinski definition) is 1. The first-order chi connectivity index (χ1) is 7.70. The van der Waals surface area contributed by atoms with Crippen molar-refractivity contribution in [2.75, 3.05) is 20.2 Å². The summed E-state index contributed by atoms with van der Waals surface area (Å²) in [5, 5.41) is 0. The fourth-order valence-electron chi connectivity index (χ4n) is 1.89. The Labute approximate surface area is 95.0 Å². The van der Waals surface area contributed by atoms with Gasteiger partial charge in [0.1, 0.15) is 5.75 Å². The minimum absolute atomic E-state index is 0.0515. The number of hydrogen-bond acceptors (Lipinski definition) is 3. The van der Waals surface area contributed by atoms with Gasteiger partial charge in [-0.05, 0) is 30.7 Å². The smallest absolute Gasteiger partial charge is 0.253 e.